The summed E-state index contributed by atoms with van der Waals surface area (Å²) in [5, 5.41) is 10.0. The summed E-state index contributed by atoms with van der Waals surface area (Å²) in [4.78, 5) is 39.1. The number of halogens is 1. The molecule has 174 valence electrons. The Morgan fingerprint density at radius 3 is 2.64 bits per heavy atom. The molecule has 2 heterocycles. The van der Waals surface area contributed by atoms with Crippen molar-refractivity contribution in [2.24, 2.45) is 0 Å². The van der Waals surface area contributed by atoms with E-state index in [1.165, 1.54) is 23.1 Å². The van der Waals surface area contributed by atoms with Gasteiger partial charge in [0.05, 0.1) is 25.7 Å². The molecule has 4 rings (SSSR count). The molecule has 2 atom stereocenters. The first-order valence-electron chi connectivity index (χ1n) is 10.7. The summed E-state index contributed by atoms with van der Waals surface area (Å²) >= 11 is 0. The number of nitrogens with zero attached hydrogens (tertiary/aromatic N) is 1. The molecule has 0 bridgehead atoms. The van der Waals surface area contributed by atoms with Crippen LogP contribution in [0.1, 0.15) is 28.8 Å². The zero-order valence-electron chi connectivity index (χ0n) is 17.9. The Morgan fingerprint density at radius 1 is 1.09 bits per heavy atom. The smallest absolute Gasteiger partial charge is 0.329 e. The van der Waals surface area contributed by atoms with Crippen LogP contribution in [0.3, 0.4) is 0 Å². The highest BCUT2D eigenvalue weighted by Gasteiger charge is 2.40. The minimum Gasteiger partial charge on any atom is -0.490 e. The van der Waals surface area contributed by atoms with Gasteiger partial charge >= 0.3 is 5.97 Å². The third kappa shape index (κ3) is 5.31. The molecule has 1 N–H and O–H groups in total. The van der Waals surface area contributed by atoms with E-state index in [2.05, 4.69) is 0 Å². The first-order chi connectivity index (χ1) is 15.9. The monoisotopic (exact) mass is 457 g/mol. The largest absolute Gasteiger partial charge is 0.490 e. The van der Waals surface area contributed by atoms with E-state index in [1.54, 1.807) is 24.3 Å². The lowest BCUT2D eigenvalue weighted by molar-refractivity contribution is -0.152. The molecule has 2 aliphatic heterocycles. The van der Waals surface area contributed by atoms with Gasteiger partial charge in [-0.15, -0.1) is 0 Å². The molecule has 9 heteroatoms. The van der Waals surface area contributed by atoms with E-state index in [0.717, 1.165) is 6.42 Å². The van der Waals surface area contributed by atoms with Gasteiger partial charge in [-0.1, -0.05) is 18.2 Å². The fourth-order valence-electron chi connectivity index (χ4n) is 3.87. The van der Waals surface area contributed by atoms with Gasteiger partial charge < -0.3 is 24.2 Å². The number of Topliss-reactive ketones (excluding diaryl/α,β-unsaturated/α-hetero) is 1. The maximum atomic E-state index is 13.9. The van der Waals surface area contributed by atoms with Crippen LogP contribution in [0.25, 0.3) is 0 Å². The first-order valence-corrected chi connectivity index (χ1v) is 10.7. The second kappa shape index (κ2) is 9.99. The molecule has 8 nitrogen and oxygen atoms in total. The van der Waals surface area contributed by atoms with Gasteiger partial charge in [-0.2, -0.15) is 0 Å². The van der Waals surface area contributed by atoms with Crippen LogP contribution >= 0.6 is 0 Å². The summed E-state index contributed by atoms with van der Waals surface area (Å²) in [7, 11) is 0. The molecule has 1 saturated heterocycles. The lowest BCUT2D eigenvalue weighted by atomic mass is 10.1. The zero-order valence-corrected chi connectivity index (χ0v) is 17.9. The van der Waals surface area contributed by atoms with Crippen molar-refractivity contribution in [3.63, 3.8) is 0 Å². The third-order valence-corrected chi connectivity index (χ3v) is 5.59. The van der Waals surface area contributed by atoms with E-state index in [0.29, 0.717) is 30.3 Å². The van der Waals surface area contributed by atoms with E-state index in [-0.39, 0.29) is 24.9 Å². The SMILES string of the molecule is O=C(COC(=O)C1CC(O)CN1C(=O)Cc1ccccc1F)c1ccc2c(c1)OCCCO2. The summed E-state index contributed by atoms with van der Waals surface area (Å²) in [5.74, 6) is -1.27. The van der Waals surface area contributed by atoms with Crippen LogP contribution in [0, 0.1) is 5.82 Å². The number of benzene rings is 2. The lowest BCUT2D eigenvalue weighted by Gasteiger charge is -2.23. The van der Waals surface area contributed by atoms with Crippen LogP contribution in [0.5, 0.6) is 11.5 Å². The van der Waals surface area contributed by atoms with Gasteiger partial charge in [0, 0.05) is 24.9 Å². The second-order valence-corrected chi connectivity index (χ2v) is 7.96. The summed E-state index contributed by atoms with van der Waals surface area (Å²) in [6.07, 6.45) is -0.446. The van der Waals surface area contributed by atoms with E-state index in [1.807, 2.05) is 0 Å². The van der Waals surface area contributed by atoms with Crippen LogP contribution in [-0.2, 0) is 20.7 Å². The Bertz CT molecular complexity index is 1060. The number of ether oxygens (including phenoxy) is 3. The van der Waals surface area contributed by atoms with Gasteiger partial charge in [0.15, 0.2) is 23.9 Å². The number of hydrogen-bond acceptors (Lipinski definition) is 7. The molecule has 1 fully saturated rings. The third-order valence-electron chi connectivity index (χ3n) is 5.59. The number of ketones is 1. The molecular weight excluding hydrogens is 433 g/mol. The van der Waals surface area contributed by atoms with Gasteiger partial charge in [0.2, 0.25) is 5.91 Å². The normalized spacial score (nSPS) is 19.6. The Kier molecular flexibility index (Phi) is 6.88. The summed E-state index contributed by atoms with van der Waals surface area (Å²) in [6, 6.07) is 9.56. The minimum atomic E-state index is -1.05. The van der Waals surface area contributed by atoms with Gasteiger partial charge in [0.1, 0.15) is 11.9 Å². The van der Waals surface area contributed by atoms with Crippen LogP contribution in [0.4, 0.5) is 4.39 Å². The van der Waals surface area contributed by atoms with Crippen molar-refractivity contribution in [1.82, 2.24) is 4.90 Å². The number of fused-ring (bicyclic) bond motifs is 1. The van der Waals surface area contributed by atoms with Crippen LogP contribution in [-0.4, -0.2) is 66.2 Å². The summed E-state index contributed by atoms with van der Waals surface area (Å²) in [5.41, 5.74) is 0.492. The number of β-amino-alcohol motifs (C(OH)–C–C–N with tert-alkyl or cyclic N) is 1. The van der Waals surface area contributed by atoms with Crippen molar-refractivity contribution < 1.29 is 38.1 Å². The number of carbonyl (C=O) groups is 3. The van der Waals surface area contributed by atoms with Crippen LogP contribution in [0.2, 0.25) is 0 Å². The molecule has 1 amide bonds. The van der Waals surface area contributed by atoms with Crippen LogP contribution in [0.15, 0.2) is 42.5 Å². The Morgan fingerprint density at radius 2 is 1.85 bits per heavy atom. The molecule has 0 aliphatic carbocycles. The second-order valence-electron chi connectivity index (χ2n) is 7.96. The fraction of sp³-hybridized carbons (Fsp3) is 0.375. The number of carbonyl (C=O) groups excluding carboxylic acids is 3. The lowest BCUT2D eigenvalue weighted by Crippen LogP contribution is -2.42. The number of esters is 1. The highest BCUT2D eigenvalue weighted by atomic mass is 19.1. The highest BCUT2D eigenvalue weighted by Crippen LogP contribution is 2.30. The van der Waals surface area contributed by atoms with Crippen molar-refractivity contribution in [3.8, 4) is 11.5 Å². The van der Waals surface area contributed by atoms with Gasteiger partial charge in [-0.25, -0.2) is 9.18 Å². The van der Waals surface area contributed by atoms with Crippen molar-refractivity contribution in [2.45, 2.75) is 31.4 Å². The molecule has 2 aliphatic rings. The van der Waals surface area contributed by atoms with E-state index >= 15 is 0 Å². The molecule has 2 aromatic carbocycles. The maximum Gasteiger partial charge on any atom is 0.329 e. The number of likely N-dealkylation sites (tertiary alicyclic amines) is 1. The topological polar surface area (TPSA) is 102 Å². The quantitative estimate of drug-likeness (QED) is 0.522. The minimum absolute atomic E-state index is 0.0138. The number of rotatable bonds is 6. The molecule has 0 radical (unpaired) electrons. The number of amides is 1. The molecule has 0 aromatic heterocycles. The van der Waals surface area contributed by atoms with E-state index in [9.17, 15) is 23.9 Å². The molecule has 33 heavy (non-hydrogen) atoms. The molecule has 0 spiro atoms. The van der Waals surface area contributed by atoms with Gasteiger partial charge in [-0.3, -0.25) is 9.59 Å². The number of aliphatic hydroxyl groups is 1. The van der Waals surface area contributed by atoms with Crippen molar-refractivity contribution in [2.75, 3.05) is 26.4 Å². The van der Waals surface area contributed by atoms with Gasteiger partial charge in [-0.05, 0) is 29.8 Å². The van der Waals surface area contributed by atoms with Gasteiger partial charge in [0.25, 0.3) is 0 Å². The van der Waals surface area contributed by atoms with Crippen molar-refractivity contribution >= 4 is 17.7 Å². The average Bonchev–Trinajstić information content (AvgIpc) is 3.05. The predicted octanol–water partition coefficient (Wildman–Crippen LogP) is 1.92. The van der Waals surface area contributed by atoms with Crippen LogP contribution < -0.4 is 9.47 Å². The average molecular weight is 457 g/mol. The number of hydrogen-bond donors (Lipinski definition) is 1. The Hall–Kier alpha value is -3.46. The predicted molar refractivity (Wildman–Crippen MR) is 114 cm³/mol. The summed E-state index contributed by atoms with van der Waals surface area (Å²) in [6.45, 7) is 0.404. The molecular formula is C24H24FNO7. The Labute approximate surface area is 189 Å². The number of aliphatic hydroxyl groups excluding tert-OH is 1. The highest BCUT2D eigenvalue weighted by molar-refractivity contribution is 5.99. The molecule has 2 unspecified atom stereocenters. The first kappa shape index (κ1) is 22.7. The maximum absolute atomic E-state index is 13.9. The molecule has 2 aromatic rings. The van der Waals surface area contributed by atoms with Crippen molar-refractivity contribution in [1.29, 1.82) is 0 Å². The standard InChI is InChI=1S/C24H24FNO7/c25-18-5-2-1-4-15(18)11-23(29)26-13-17(27)12-19(26)24(30)33-14-20(28)16-6-7-21-22(10-16)32-9-3-8-31-21/h1-2,4-7,10,17,19,27H,3,8-9,11-14H2. The Balaban J connectivity index is 1.37. The fourth-order valence-corrected chi connectivity index (χ4v) is 3.87. The van der Waals surface area contributed by atoms with E-state index < -0.39 is 42.2 Å². The molecule has 0 saturated carbocycles. The van der Waals surface area contributed by atoms with E-state index in [4.69, 9.17) is 14.2 Å². The zero-order chi connectivity index (χ0) is 23.4. The van der Waals surface area contributed by atoms with Crippen molar-refractivity contribution in [3.05, 3.63) is 59.4 Å². The summed E-state index contributed by atoms with van der Waals surface area (Å²) < 4.78 is 30.2.